The van der Waals surface area contributed by atoms with Gasteiger partial charge in [0.1, 0.15) is 0 Å². The van der Waals surface area contributed by atoms with Crippen LogP contribution in [0.5, 0.6) is 11.5 Å². The number of halogens is 1. The molecule has 0 saturated carbocycles. The highest BCUT2D eigenvalue weighted by Gasteiger charge is 2.23. The van der Waals surface area contributed by atoms with E-state index >= 15 is 0 Å². The molecule has 1 aromatic carbocycles. The molecular weight excluding hydrogens is 304 g/mol. The van der Waals surface area contributed by atoms with Gasteiger partial charge < -0.3 is 14.6 Å². The molecule has 1 atom stereocenters. The topological polar surface area (TPSA) is 72.8 Å². The highest BCUT2D eigenvalue weighted by molar-refractivity contribution is 8.13. The summed E-state index contributed by atoms with van der Waals surface area (Å²) in [7, 11) is 0. The third-order valence-corrected chi connectivity index (χ3v) is 4.17. The van der Waals surface area contributed by atoms with Gasteiger partial charge in [0.25, 0.3) is 0 Å². The van der Waals surface area contributed by atoms with Gasteiger partial charge in [0, 0.05) is 23.8 Å². The molecule has 0 fully saturated rings. The number of aliphatic carboxylic acids is 1. The van der Waals surface area contributed by atoms with E-state index in [1.54, 1.807) is 12.1 Å². The summed E-state index contributed by atoms with van der Waals surface area (Å²) in [5.41, 5.74) is 0.674. The zero-order valence-electron chi connectivity index (χ0n) is 10.7. The minimum Gasteiger partial charge on any atom is -0.481 e. The molecule has 0 bridgehead atoms. The van der Waals surface area contributed by atoms with Crippen LogP contribution >= 0.6 is 23.4 Å². The van der Waals surface area contributed by atoms with Crippen LogP contribution in [0.15, 0.2) is 12.1 Å². The Morgan fingerprint density at radius 3 is 2.65 bits per heavy atom. The first-order chi connectivity index (χ1) is 9.47. The first kappa shape index (κ1) is 15.0. The van der Waals surface area contributed by atoms with E-state index in [9.17, 15) is 14.7 Å². The van der Waals surface area contributed by atoms with Crippen molar-refractivity contribution < 1.29 is 24.2 Å². The van der Waals surface area contributed by atoms with Gasteiger partial charge in [-0.3, -0.25) is 9.59 Å². The van der Waals surface area contributed by atoms with Gasteiger partial charge in [-0.05, 0) is 18.1 Å². The lowest BCUT2D eigenvalue weighted by atomic mass is 10.0. The van der Waals surface area contributed by atoms with Crippen molar-refractivity contribution in [2.45, 2.75) is 13.3 Å². The summed E-state index contributed by atoms with van der Waals surface area (Å²) in [6.07, 6.45) is 0.241. The lowest BCUT2D eigenvalue weighted by molar-refractivity contribution is -0.140. The predicted molar refractivity (Wildman–Crippen MR) is 75.5 cm³/mol. The lowest BCUT2D eigenvalue weighted by Gasteiger charge is -2.13. The molecule has 1 unspecified atom stereocenters. The van der Waals surface area contributed by atoms with E-state index in [0.717, 1.165) is 11.8 Å². The van der Waals surface area contributed by atoms with Crippen molar-refractivity contribution in [3.63, 3.8) is 0 Å². The zero-order chi connectivity index (χ0) is 14.7. The number of carbonyl (C=O) groups excluding carboxylic acids is 1. The van der Waals surface area contributed by atoms with Gasteiger partial charge in [-0.1, -0.05) is 23.4 Å². The summed E-state index contributed by atoms with van der Waals surface area (Å²) >= 11 is 7.12. The second kappa shape index (κ2) is 6.37. The fourth-order valence-corrected chi connectivity index (χ4v) is 2.74. The van der Waals surface area contributed by atoms with Gasteiger partial charge in [0.05, 0.1) is 5.92 Å². The fourth-order valence-electron chi connectivity index (χ4n) is 1.82. The largest absolute Gasteiger partial charge is 0.481 e. The van der Waals surface area contributed by atoms with Crippen molar-refractivity contribution >= 4 is 34.4 Å². The van der Waals surface area contributed by atoms with E-state index in [1.807, 2.05) is 0 Å². The van der Waals surface area contributed by atoms with Crippen LogP contribution < -0.4 is 9.47 Å². The molecule has 0 aromatic heterocycles. The molecule has 2 rings (SSSR count). The van der Waals surface area contributed by atoms with Crippen LogP contribution in [0.25, 0.3) is 0 Å². The van der Waals surface area contributed by atoms with Gasteiger partial charge >= 0.3 is 5.97 Å². The van der Waals surface area contributed by atoms with E-state index in [4.69, 9.17) is 21.1 Å². The Morgan fingerprint density at radius 2 is 2.05 bits per heavy atom. The molecule has 0 aliphatic carbocycles. The van der Waals surface area contributed by atoms with Gasteiger partial charge in [0.2, 0.25) is 6.79 Å². The number of carboxylic acids is 1. The van der Waals surface area contributed by atoms with E-state index in [0.29, 0.717) is 22.1 Å². The Bertz CT molecular complexity index is 546. The average molecular weight is 317 g/mol. The molecule has 0 amide bonds. The van der Waals surface area contributed by atoms with E-state index in [-0.39, 0.29) is 24.1 Å². The quantitative estimate of drug-likeness (QED) is 0.900. The molecule has 1 aliphatic heterocycles. The number of ether oxygens (including phenoxy) is 2. The SMILES string of the molecule is CC(=O)SCC(Cc1cc2c(cc1Cl)OCO2)C(=O)O. The smallest absolute Gasteiger partial charge is 0.307 e. The molecule has 1 aliphatic rings. The third kappa shape index (κ3) is 3.58. The summed E-state index contributed by atoms with van der Waals surface area (Å²) in [5.74, 6) is -0.291. The summed E-state index contributed by atoms with van der Waals surface area (Å²) in [4.78, 5) is 22.2. The van der Waals surface area contributed by atoms with Crippen LogP contribution in [0.4, 0.5) is 0 Å². The van der Waals surface area contributed by atoms with Crippen LogP contribution in [0.2, 0.25) is 5.02 Å². The maximum atomic E-state index is 11.2. The molecule has 1 heterocycles. The highest BCUT2D eigenvalue weighted by atomic mass is 35.5. The summed E-state index contributed by atoms with van der Waals surface area (Å²) in [6.45, 7) is 1.55. The van der Waals surface area contributed by atoms with Crippen LogP contribution in [-0.2, 0) is 16.0 Å². The van der Waals surface area contributed by atoms with Crippen LogP contribution in [0.3, 0.4) is 0 Å². The summed E-state index contributed by atoms with van der Waals surface area (Å²) < 4.78 is 10.4. The van der Waals surface area contributed by atoms with Crippen molar-refractivity contribution in [2.24, 2.45) is 5.92 Å². The highest BCUT2D eigenvalue weighted by Crippen LogP contribution is 2.37. The summed E-state index contributed by atoms with van der Waals surface area (Å²) in [6, 6.07) is 3.31. The van der Waals surface area contributed by atoms with Gasteiger partial charge in [-0.2, -0.15) is 0 Å². The average Bonchev–Trinajstić information content (AvgIpc) is 2.80. The molecular formula is C13H13ClO5S. The van der Waals surface area contributed by atoms with Gasteiger partial charge in [-0.25, -0.2) is 0 Å². The molecule has 5 nitrogen and oxygen atoms in total. The molecule has 0 spiro atoms. The number of thioether (sulfide) groups is 1. The first-order valence-corrected chi connectivity index (χ1v) is 7.28. The Kier molecular flexibility index (Phi) is 4.77. The minimum absolute atomic E-state index is 0.104. The van der Waals surface area contributed by atoms with Gasteiger partial charge in [-0.15, -0.1) is 0 Å². The Labute approximate surface area is 125 Å². The molecule has 20 heavy (non-hydrogen) atoms. The standard InChI is InChI=1S/C13H13ClO5S/c1-7(15)20-5-9(13(16)17)2-8-3-11-12(4-10(8)14)19-6-18-11/h3-4,9H,2,5-6H2,1H3,(H,16,17). The van der Waals surface area contributed by atoms with Gasteiger partial charge in [0.15, 0.2) is 16.6 Å². The van der Waals surface area contributed by atoms with E-state index in [1.165, 1.54) is 6.92 Å². The van der Waals surface area contributed by atoms with Crippen LogP contribution in [0.1, 0.15) is 12.5 Å². The molecule has 0 saturated heterocycles. The van der Waals surface area contributed by atoms with Crippen molar-refractivity contribution in [3.8, 4) is 11.5 Å². The van der Waals surface area contributed by atoms with Crippen molar-refractivity contribution in [1.29, 1.82) is 0 Å². The lowest BCUT2D eigenvalue weighted by Crippen LogP contribution is -2.19. The van der Waals surface area contributed by atoms with Crippen molar-refractivity contribution in [1.82, 2.24) is 0 Å². The number of hydrogen-bond acceptors (Lipinski definition) is 5. The molecule has 1 N–H and O–H groups in total. The number of carbonyl (C=O) groups is 2. The maximum Gasteiger partial charge on any atom is 0.307 e. The van der Waals surface area contributed by atoms with E-state index < -0.39 is 11.9 Å². The third-order valence-electron chi connectivity index (χ3n) is 2.84. The minimum atomic E-state index is -0.951. The summed E-state index contributed by atoms with van der Waals surface area (Å²) in [5, 5.41) is 9.54. The normalized spacial score (nSPS) is 14.1. The van der Waals surface area contributed by atoms with Crippen molar-refractivity contribution in [3.05, 3.63) is 22.7 Å². The number of rotatable bonds is 5. The van der Waals surface area contributed by atoms with E-state index in [2.05, 4.69) is 0 Å². The second-order valence-electron chi connectivity index (χ2n) is 4.34. The van der Waals surface area contributed by atoms with Crippen molar-refractivity contribution in [2.75, 3.05) is 12.5 Å². The monoisotopic (exact) mass is 316 g/mol. The number of fused-ring (bicyclic) bond motifs is 1. The Balaban J connectivity index is 2.14. The van der Waals surface area contributed by atoms with Crippen LogP contribution in [0, 0.1) is 5.92 Å². The number of benzene rings is 1. The number of hydrogen-bond donors (Lipinski definition) is 1. The Morgan fingerprint density at radius 1 is 1.40 bits per heavy atom. The second-order valence-corrected chi connectivity index (χ2v) is 5.94. The molecule has 1 aromatic rings. The molecule has 108 valence electrons. The Hall–Kier alpha value is -1.40. The first-order valence-electron chi connectivity index (χ1n) is 5.91. The predicted octanol–water partition coefficient (Wildman–Crippen LogP) is 2.59. The zero-order valence-corrected chi connectivity index (χ0v) is 12.3. The fraction of sp³-hybridized carbons (Fsp3) is 0.385. The molecule has 7 heteroatoms. The maximum absolute atomic E-state index is 11.2. The van der Waals surface area contributed by atoms with Crippen LogP contribution in [-0.4, -0.2) is 28.7 Å². The molecule has 0 radical (unpaired) electrons. The number of carboxylic acid groups (broad SMARTS) is 1.